The largest absolute Gasteiger partial charge is 0.347 e. The first-order chi connectivity index (χ1) is 7.81. The number of rotatable bonds is 4. The van der Waals surface area contributed by atoms with E-state index < -0.39 is 0 Å². The molecule has 3 nitrogen and oxygen atoms in total. The zero-order valence-electron chi connectivity index (χ0n) is 9.48. The molecule has 16 heavy (non-hydrogen) atoms. The fraction of sp³-hybridized carbons (Fsp3) is 0.308. The lowest BCUT2D eigenvalue weighted by Crippen LogP contribution is -2.13. The van der Waals surface area contributed by atoms with E-state index in [1.165, 1.54) is 12.0 Å². The van der Waals surface area contributed by atoms with Crippen molar-refractivity contribution in [1.82, 2.24) is 9.97 Å². The van der Waals surface area contributed by atoms with E-state index in [9.17, 15) is 0 Å². The summed E-state index contributed by atoms with van der Waals surface area (Å²) in [6.07, 6.45) is 5.81. The van der Waals surface area contributed by atoms with Crippen LogP contribution in [-0.4, -0.2) is 9.97 Å². The van der Waals surface area contributed by atoms with Crippen molar-refractivity contribution in [2.75, 3.05) is 0 Å². The Balaban J connectivity index is 2.15. The van der Waals surface area contributed by atoms with Crippen LogP contribution in [0.25, 0.3) is 0 Å². The number of aryl methyl sites for hydroxylation is 1. The Morgan fingerprint density at radius 3 is 2.62 bits per heavy atom. The van der Waals surface area contributed by atoms with Gasteiger partial charge >= 0.3 is 0 Å². The molecule has 1 atom stereocenters. The van der Waals surface area contributed by atoms with Crippen LogP contribution >= 0.6 is 0 Å². The highest BCUT2D eigenvalue weighted by Crippen LogP contribution is 2.17. The molecule has 2 rings (SSSR count). The van der Waals surface area contributed by atoms with E-state index in [1.54, 1.807) is 12.4 Å². The molecule has 0 spiro atoms. The molecule has 0 radical (unpaired) electrons. The molecule has 0 bridgehead atoms. The van der Waals surface area contributed by atoms with Gasteiger partial charge in [-0.2, -0.15) is 0 Å². The smallest absolute Gasteiger partial charge is 0.127 e. The van der Waals surface area contributed by atoms with Crippen molar-refractivity contribution >= 4 is 0 Å². The molecule has 3 heteroatoms. The van der Waals surface area contributed by atoms with Gasteiger partial charge in [0.1, 0.15) is 5.82 Å². The second kappa shape index (κ2) is 4.94. The van der Waals surface area contributed by atoms with Gasteiger partial charge < -0.3 is 10.7 Å². The van der Waals surface area contributed by atoms with Crippen LogP contribution in [0.4, 0.5) is 0 Å². The van der Waals surface area contributed by atoms with E-state index in [4.69, 9.17) is 5.73 Å². The van der Waals surface area contributed by atoms with Crippen molar-refractivity contribution in [3.8, 4) is 0 Å². The monoisotopic (exact) mass is 215 g/mol. The van der Waals surface area contributed by atoms with Crippen molar-refractivity contribution in [3.63, 3.8) is 0 Å². The van der Waals surface area contributed by atoms with E-state index >= 15 is 0 Å². The van der Waals surface area contributed by atoms with Crippen molar-refractivity contribution in [1.29, 1.82) is 0 Å². The molecule has 1 unspecified atom stereocenters. The average molecular weight is 215 g/mol. The number of hydrogen-bond donors (Lipinski definition) is 2. The highest BCUT2D eigenvalue weighted by Gasteiger charge is 2.10. The Kier molecular flexibility index (Phi) is 3.37. The minimum atomic E-state index is -0.161. The first-order valence-corrected chi connectivity index (χ1v) is 5.65. The first-order valence-electron chi connectivity index (χ1n) is 5.65. The molecule has 0 aliphatic carbocycles. The molecule has 0 aliphatic heterocycles. The summed E-state index contributed by atoms with van der Waals surface area (Å²) in [4.78, 5) is 7.21. The third-order valence-electron chi connectivity index (χ3n) is 2.69. The minimum absolute atomic E-state index is 0.161. The van der Waals surface area contributed by atoms with Gasteiger partial charge in [-0.15, -0.1) is 0 Å². The Morgan fingerprint density at radius 2 is 2.06 bits per heavy atom. The number of nitrogens with one attached hydrogen (secondary N) is 1. The van der Waals surface area contributed by atoms with Crippen LogP contribution in [-0.2, 0) is 6.42 Å². The van der Waals surface area contributed by atoms with Crippen LogP contribution in [0.5, 0.6) is 0 Å². The number of aromatic amines is 1. The fourth-order valence-corrected chi connectivity index (χ4v) is 1.79. The quantitative estimate of drug-likeness (QED) is 0.823. The van der Waals surface area contributed by atoms with Gasteiger partial charge in [0.15, 0.2) is 0 Å². The molecule has 3 N–H and O–H groups in total. The summed E-state index contributed by atoms with van der Waals surface area (Å²) in [5, 5.41) is 0. The van der Waals surface area contributed by atoms with Crippen LogP contribution in [0.15, 0.2) is 36.7 Å². The SMILES string of the molecule is CCCc1ccc(C(N)c2ncc[nH]2)cc1. The Bertz CT molecular complexity index is 417. The molecule has 84 valence electrons. The topological polar surface area (TPSA) is 54.7 Å². The zero-order valence-corrected chi connectivity index (χ0v) is 9.48. The lowest BCUT2D eigenvalue weighted by atomic mass is 10.0. The van der Waals surface area contributed by atoms with Gasteiger partial charge in [0.2, 0.25) is 0 Å². The maximum absolute atomic E-state index is 6.09. The standard InChI is InChI=1S/C13H17N3/c1-2-3-10-4-6-11(7-5-10)12(14)13-15-8-9-16-13/h4-9,12H,2-3,14H2,1H3,(H,15,16). The zero-order chi connectivity index (χ0) is 11.4. The van der Waals surface area contributed by atoms with Crippen LogP contribution in [0, 0.1) is 0 Å². The molecular weight excluding hydrogens is 198 g/mol. The van der Waals surface area contributed by atoms with Crippen molar-refractivity contribution in [2.24, 2.45) is 5.73 Å². The summed E-state index contributed by atoms with van der Waals surface area (Å²) in [7, 11) is 0. The number of imidazole rings is 1. The van der Waals surface area contributed by atoms with Crippen LogP contribution in [0.3, 0.4) is 0 Å². The Hall–Kier alpha value is -1.61. The van der Waals surface area contributed by atoms with Crippen molar-refractivity contribution < 1.29 is 0 Å². The third kappa shape index (κ3) is 2.31. The normalized spacial score (nSPS) is 12.6. The molecule has 2 aromatic rings. The second-order valence-corrected chi connectivity index (χ2v) is 3.94. The second-order valence-electron chi connectivity index (χ2n) is 3.94. The lowest BCUT2D eigenvalue weighted by molar-refractivity contribution is 0.799. The molecular formula is C13H17N3. The predicted molar refractivity (Wildman–Crippen MR) is 65.1 cm³/mol. The summed E-state index contributed by atoms with van der Waals surface area (Å²) >= 11 is 0. The Morgan fingerprint density at radius 1 is 1.31 bits per heavy atom. The molecule has 0 aliphatic rings. The number of benzene rings is 1. The number of nitrogens with two attached hydrogens (primary N) is 1. The van der Waals surface area contributed by atoms with Gasteiger partial charge in [-0.3, -0.25) is 0 Å². The molecule has 0 saturated carbocycles. The predicted octanol–water partition coefficient (Wildman–Crippen LogP) is 2.41. The number of aromatic nitrogens is 2. The highest BCUT2D eigenvalue weighted by molar-refractivity contribution is 5.28. The summed E-state index contributed by atoms with van der Waals surface area (Å²) in [5.41, 5.74) is 8.54. The third-order valence-corrected chi connectivity index (χ3v) is 2.69. The molecule has 1 aromatic heterocycles. The van der Waals surface area contributed by atoms with E-state index in [2.05, 4.69) is 41.2 Å². The summed E-state index contributed by atoms with van der Waals surface area (Å²) in [6, 6.07) is 8.28. The number of nitrogens with zero attached hydrogens (tertiary/aromatic N) is 1. The van der Waals surface area contributed by atoms with E-state index in [0.29, 0.717) is 0 Å². The van der Waals surface area contributed by atoms with Gasteiger partial charge in [0.25, 0.3) is 0 Å². The van der Waals surface area contributed by atoms with Crippen LogP contribution < -0.4 is 5.73 Å². The maximum atomic E-state index is 6.09. The molecule has 0 amide bonds. The van der Waals surface area contributed by atoms with Gasteiger partial charge in [-0.25, -0.2) is 4.98 Å². The van der Waals surface area contributed by atoms with Gasteiger partial charge in [0.05, 0.1) is 6.04 Å². The van der Waals surface area contributed by atoms with Crippen LogP contribution in [0.2, 0.25) is 0 Å². The lowest BCUT2D eigenvalue weighted by Gasteiger charge is -2.09. The molecule has 1 aromatic carbocycles. The van der Waals surface area contributed by atoms with Crippen LogP contribution in [0.1, 0.15) is 36.3 Å². The fourth-order valence-electron chi connectivity index (χ4n) is 1.79. The summed E-state index contributed by atoms with van der Waals surface area (Å²) < 4.78 is 0. The molecule has 1 heterocycles. The van der Waals surface area contributed by atoms with Gasteiger partial charge in [0, 0.05) is 12.4 Å². The summed E-state index contributed by atoms with van der Waals surface area (Å²) in [6.45, 7) is 2.18. The summed E-state index contributed by atoms with van der Waals surface area (Å²) in [5.74, 6) is 0.809. The van der Waals surface area contributed by atoms with Crippen molar-refractivity contribution in [3.05, 3.63) is 53.6 Å². The molecule has 0 fully saturated rings. The van der Waals surface area contributed by atoms with Gasteiger partial charge in [-0.05, 0) is 17.5 Å². The molecule has 0 saturated heterocycles. The maximum Gasteiger partial charge on any atom is 0.127 e. The average Bonchev–Trinajstić information content (AvgIpc) is 2.83. The van der Waals surface area contributed by atoms with Crippen molar-refractivity contribution in [2.45, 2.75) is 25.8 Å². The van der Waals surface area contributed by atoms with E-state index in [-0.39, 0.29) is 6.04 Å². The minimum Gasteiger partial charge on any atom is -0.347 e. The van der Waals surface area contributed by atoms with Gasteiger partial charge in [-0.1, -0.05) is 37.6 Å². The number of H-pyrrole nitrogens is 1. The first kappa shape index (κ1) is 10.9. The highest BCUT2D eigenvalue weighted by atomic mass is 14.9. The van der Waals surface area contributed by atoms with E-state index in [1.807, 2.05) is 0 Å². The Labute approximate surface area is 95.7 Å². The van der Waals surface area contributed by atoms with E-state index in [0.717, 1.165) is 17.8 Å². The number of hydrogen-bond acceptors (Lipinski definition) is 2.